The molecule has 0 spiro atoms. The maximum atomic E-state index is 14.8. The summed E-state index contributed by atoms with van der Waals surface area (Å²) >= 11 is 0. The average molecular weight is 652 g/mol. The summed E-state index contributed by atoms with van der Waals surface area (Å²) in [7, 11) is -2.80. The highest BCUT2D eigenvalue weighted by molar-refractivity contribution is 7.90. The van der Waals surface area contributed by atoms with Crippen LogP contribution in [0.1, 0.15) is 54.3 Å². The molecule has 46 heavy (non-hydrogen) atoms. The van der Waals surface area contributed by atoms with Crippen molar-refractivity contribution in [3.63, 3.8) is 0 Å². The lowest BCUT2D eigenvalue weighted by Gasteiger charge is -2.46. The third-order valence-electron chi connectivity index (χ3n) is 8.73. The van der Waals surface area contributed by atoms with Crippen LogP contribution in [-0.2, 0) is 38.1 Å². The number of nitrogens with zero attached hydrogens (tertiary/aromatic N) is 5. The maximum absolute atomic E-state index is 14.8. The van der Waals surface area contributed by atoms with Crippen LogP contribution in [0.3, 0.4) is 0 Å². The van der Waals surface area contributed by atoms with Gasteiger partial charge in [-0.3, -0.25) is 9.36 Å². The summed E-state index contributed by atoms with van der Waals surface area (Å²) in [6, 6.07) is 13.4. The first-order valence-electron chi connectivity index (χ1n) is 14.4. The zero-order valence-corrected chi connectivity index (χ0v) is 25.7. The predicted octanol–water partition coefficient (Wildman–Crippen LogP) is 5.72. The predicted molar refractivity (Wildman–Crippen MR) is 161 cm³/mol. The van der Waals surface area contributed by atoms with Crippen molar-refractivity contribution in [1.29, 1.82) is 0 Å². The maximum Gasteiger partial charge on any atom is 0.418 e. The van der Waals surface area contributed by atoms with Crippen molar-refractivity contribution in [1.82, 2.24) is 23.3 Å². The van der Waals surface area contributed by atoms with Gasteiger partial charge in [-0.1, -0.05) is 36.8 Å². The van der Waals surface area contributed by atoms with E-state index in [4.69, 9.17) is 9.47 Å². The molecular weight excluding hydrogens is 623 g/mol. The lowest BCUT2D eigenvalue weighted by molar-refractivity contribution is -0.136. The van der Waals surface area contributed by atoms with Gasteiger partial charge in [-0.2, -0.15) is 13.2 Å². The summed E-state index contributed by atoms with van der Waals surface area (Å²) in [5.41, 5.74) is -2.05. The van der Waals surface area contributed by atoms with Crippen LogP contribution in [0.2, 0.25) is 0 Å². The van der Waals surface area contributed by atoms with Gasteiger partial charge < -0.3 is 14.0 Å². The summed E-state index contributed by atoms with van der Waals surface area (Å²) in [6.07, 6.45) is -0.322. The Morgan fingerprint density at radius 1 is 1.02 bits per heavy atom. The van der Waals surface area contributed by atoms with E-state index in [1.165, 1.54) is 18.2 Å². The van der Waals surface area contributed by atoms with E-state index in [9.17, 15) is 26.4 Å². The number of pyridine rings is 1. The molecule has 0 atom stereocenters. The molecule has 1 aliphatic heterocycles. The van der Waals surface area contributed by atoms with Gasteiger partial charge in [0.15, 0.2) is 0 Å². The molecular formula is C32H28F3N5O5S. The Labute approximate surface area is 261 Å². The lowest BCUT2D eigenvalue weighted by Crippen LogP contribution is -2.43. The number of aryl methyl sites for hydroxylation is 2. The second-order valence-electron chi connectivity index (χ2n) is 11.9. The van der Waals surface area contributed by atoms with Crippen molar-refractivity contribution in [2.75, 3.05) is 0 Å². The van der Waals surface area contributed by atoms with Crippen molar-refractivity contribution in [2.45, 2.75) is 49.5 Å². The van der Waals surface area contributed by atoms with Crippen LogP contribution in [0.15, 0.2) is 89.3 Å². The highest BCUT2D eigenvalue weighted by Crippen LogP contribution is 2.51. The Morgan fingerprint density at radius 3 is 2.33 bits per heavy atom. The first-order valence-corrected chi connectivity index (χ1v) is 15.9. The largest absolute Gasteiger partial charge is 0.454 e. The van der Waals surface area contributed by atoms with Crippen LogP contribution in [-0.4, -0.2) is 31.7 Å². The van der Waals surface area contributed by atoms with Crippen molar-refractivity contribution < 1.29 is 31.1 Å². The number of hydrogen-bond acceptors (Lipinski definition) is 7. The fraction of sp³-hybridized carbons (Fsp3) is 0.281. The molecule has 0 N–H and O–H groups in total. The molecule has 5 aromatic rings. The summed E-state index contributed by atoms with van der Waals surface area (Å²) in [5.74, 6) is 1.06. The van der Waals surface area contributed by atoms with Gasteiger partial charge >= 0.3 is 6.18 Å². The number of benzene rings is 2. The number of rotatable bonds is 6. The standard InChI is InChI=1S/C32H28F3N5O5S/c1-19-7-9-23(10-8-19)46(42,43)40-26(29-44-11-12-45-29)14-24-25(32(33,34)35)17-39(28(41)27(24)40)22-6-4-5-21(13-22)31(15-20(2)16-31)30-37-36-18-38(30)3/h4-14,17-18,20,29H,15-16H2,1-3H3. The molecule has 1 saturated carbocycles. The second-order valence-corrected chi connectivity index (χ2v) is 13.7. The Kier molecular flexibility index (Phi) is 6.71. The van der Waals surface area contributed by atoms with Crippen LogP contribution in [0.4, 0.5) is 13.2 Å². The molecule has 2 aromatic carbocycles. The molecule has 14 heteroatoms. The van der Waals surface area contributed by atoms with E-state index in [1.54, 1.807) is 37.5 Å². The minimum atomic E-state index is -4.96. The highest BCUT2D eigenvalue weighted by Gasteiger charge is 2.48. The van der Waals surface area contributed by atoms with E-state index < -0.39 is 49.9 Å². The Bertz CT molecular complexity index is 2190. The molecule has 3 aromatic heterocycles. The van der Waals surface area contributed by atoms with E-state index in [0.29, 0.717) is 21.9 Å². The molecule has 238 valence electrons. The molecule has 0 unspecified atom stereocenters. The van der Waals surface area contributed by atoms with Gasteiger partial charge in [-0.25, -0.2) is 12.4 Å². The van der Waals surface area contributed by atoms with Gasteiger partial charge in [0.1, 0.15) is 35.9 Å². The molecule has 7 rings (SSSR count). The summed E-state index contributed by atoms with van der Waals surface area (Å²) in [4.78, 5) is 14.1. The summed E-state index contributed by atoms with van der Waals surface area (Å²) in [6.45, 7) is 3.86. The molecule has 0 amide bonds. The zero-order valence-electron chi connectivity index (χ0n) is 24.9. The molecule has 4 heterocycles. The van der Waals surface area contributed by atoms with Gasteiger partial charge in [-0.05, 0) is 61.6 Å². The molecule has 0 saturated heterocycles. The lowest BCUT2D eigenvalue weighted by atomic mass is 9.58. The summed E-state index contributed by atoms with van der Waals surface area (Å²) < 4.78 is 86.7. The number of fused-ring (bicyclic) bond motifs is 1. The molecule has 0 radical (unpaired) electrons. The normalized spacial score (nSPS) is 20.1. The van der Waals surface area contributed by atoms with Crippen molar-refractivity contribution >= 4 is 20.9 Å². The third-order valence-corrected chi connectivity index (χ3v) is 10.5. The Hall–Kier alpha value is -4.85. The molecule has 10 nitrogen and oxygen atoms in total. The third kappa shape index (κ3) is 4.53. The molecule has 2 aliphatic rings. The SMILES string of the molecule is Cc1ccc(S(=O)(=O)n2c(C3OC=CO3)cc3c(C(F)(F)F)cn(-c4cccc(C5(c6nncn6C)CC(C)C5)c4)c(=O)c32)cc1. The van der Waals surface area contributed by atoms with Gasteiger partial charge in [0.25, 0.3) is 21.9 Å². The fourth-order valence-corrected chi connectivity index (χ4v) is 8.20. The quantitative estimate of drug-likeness (QED) is 0.231. The topological polar surface area (TPSA) is 110 Å². The average Bonchev–Trinajstić information content (AvgIpc) is 3.76. The van der Waals surface area contributed by atoms with Gasteiger partial charge in [-0.15, -0.1) is 10.2 Å². The minimum absolute atomic E-state index is 0.132. The van der Waals surface area contributed by atoms with Crippen LogP contribution >= 0.6 is 0 Å². The Morgan fingerprint density at radius 2 is 1.72 bits per heavy atom. The van der Waals surface area contributed by atoms with Gasteiger partial charge in [0.05, 0.1) is 15.9 Å². The molecule has 0 bridgehead atoms. The van der Waals surface area contributed by atoms with E-state index in [0.717, 1.165) is 47.1 Å². The van der Waals surface area contributed by atoms with Crippen molar-refractivity contribution in [3.05, 3.63) is 118 Å². The molecule has 1 fully saturated rings. The van der Waals surface area contributed by atoms with Gasteiger partial charge in [0.2, 0.25) is 0 Å². The first-order chi connectivity index (χ1) is 21.8. The molecule has 1 aliphatic carbocycles. The monoisotopic (exact) mass is 651 g/mol. The van der Waals surface area contributed by atoms with E-state index in [1.807, 2.05) is 17.7 Å². The Balaban J connectivity index is 1.51. The van der Waals surface area contributed by atoms with E-state index in [2.05, 4.69) is 17.1 Å². The number of halogens is 3. The smallest absolute Gasteiger partial charge is 0.418 e. The first kappa shape index (κ1) is 29.8. The van der Waals surface area contributed by atoms with Crippen LogP contribution in [0.5, 0.6) is 0 Å². The fourth-order valence-electron chi connectivity index (χ4n) is 6.67. The van der Waals surface area contributed by atoms with Gasteiger partial charge in [0, 0.05) is 24.3 Å². The highest BCUT2D eigenvalue weighted by atomic mass is 32.2. The van der Waals surface area contributed by atoms with Crippen LogP contribution in [0, 0.1) is 12.8 Å². The number of hydrogen-bond donors (Lipinski definition) is 0. The van der Waals surface area contributed by atoms with Crippen molar-refractivity contribution in [2.24, 2.45) is 13.0 Å². The minimum Gasteiger partial charge on any atom is -0.454 e. The van der Waals surface area contributed by atoms with Crippen LogP contribution < -0.4 is 5.56 Å². The number of alkyl halides is 3. The van der Waals surface area contributed by atoms with E-state index >= 15 is 0 Å². The summed E-state index contributed by atoms with van der Waals surface area (Å²) in [5, 5.41) is 7.77. The number of ether oxygens (including phenoxy) is 2. The van der Waals surface area contributed by atoms with Crippen molar-refractivity contribution in [3.8, 4) is 5.69 Å². The van der Waals surface area contributed by atoms with E-state index in [-0.39, 0.29) is 16.3 Å². The second kappa shape index (κ2) is 10.3. The zero-order chi connectivity index (χ0) is 32.6. The van der Waals surface area contributed by atoms with Crippen LogP contribution in [0.25, 0.3) is 16.6 Å². The number of aromatic nitrogens is 5.